The summed E-state index contributed by atoms with van der Waals surface area (Å²) in [5.74, 6) is 0.630. The van der Waals surface area contributed by atoms with E-state index in [-0.39, 0.29) is 12.0 Å². The van der Waals surface area contributed by atoms with Crippen molar-refractivity contribution in [2.24, 2.45) is 10.9 Å². The number of rotatable bonds is 6. The lowest BCUT2D eigenvalue weighted by Crippen LogP contribution is -2.40. The average molecular weight is 526 g/mol. The molecule has 0 saturated carbocycles. The maximum atomic E-state index is 11.9. The first-order valence-electron chi connectivity index (χ1n) is 10.3. The Morgan fingerprint density at radius 1 is 1.15 bits per heavy atom. The third kappa shape index (κ3) is 6.24. The zero-order chi connectivity index (χ0) is 23.6. The third-order valence-corrected chi connectivity index (χ3v) is 8.83. The van der Waals surface area contributed by atoms with Crippen LogP contribution in [0, 0.1) is 5.92 Å². The predicted octanol–water partition coefficient (Wildman–Crippen LogP) is 4.25. The molecule has 4 rings (SSSR count). The van der Waals surface area contributed by atoms with Gasteiger partial charge < -0.3 is 4.74 Å². The number of hydrogen-bond acceptors (Lipinski definition) is 7. The van der Waals surface area contributed by atoms with E-state index >= 15 is 0 Å². The van der Waals surface area contributed by atoms with E-state index in [0.29, 0.717) is 41.9 Å². The Hall–Kier alpha value is -1.72. The molecule has 1 aromatic heterocycles. The van der Waals surface area contributed by atoms with Gasteiger partial charge in [0.15, 0.2) is 11.0 Å². The van der Waals surface area contributed by atoms with E-state index in [1.807, 2.05) is 36.4 Å². The second-order valence-electron chi connectivity index (χ2n) is 7.88. The highest BCUT2D eigenvalue weighted by molar-refractivity contribution is 8.02. The SMILES string of the molecule is CS(=O)c1ccc(C2C=C(Sc3ccc(Cl)cn3)OC(C3CCN(S(C)(=O)=O)CC3)=N2)cc1. The van der Waals surface area contributed by atoms with E-state index in [1.54, 1.807) is 18.5 Å². The summed E-state index contributed by atoms with van der Waals surface area (Å²) in [6, 6.07) is 10.9. The molecule has 2 unspecified atom stereocenters. The second kappa shape index (κ2) is 10.3. The molecule has 176 valence electrons. The van der Waals surface area contributed by atoms with Gasteiger partial charge in [-0.15, -0.1) is 0 Å². The number of thioether (sulfide) groups is 1. The Morgan fingerprint density at radius 2 is 1.85 bits per heavy atom. The molecular formula is C22H24ClN3O4S3. The molecule has 3 heterocycles. The van der Waals surface area contributed by atoms with Gasteiger partial charge in [0.25, 0.3) is 0 Å². The topological polar surface area (TPSA) is 88.9 Å². The highest BCUT2D eigenvalue weighted by Crippen LogP contribution is 2.37. The van der Waals surface area contributed by atoms with Gasteiger partial charge in [-0.2, -0.15) is 0 Å². The van der Waals surface area contributed by atoms with Crippen molar-refractivity contribution in [1.29, 1.82) is 0 Å². The van der Waals surface area contributed by atoms with E-state index in [1.165, 1.54) is 22.3 Å². The standard InChI is InChI=1S/C22H24ClN3O4S3/c1-32(27)18-6-3-15(4-7-18)19-13-21(31-20-8-5-17(23)14-24-20)30-22(25-19)16-9-11-26(12-10-16)33(2,28)29/h3-8,13-14,16,19H,9-12H2,1-2H3. The fraction of sp³-hybridized carbons (Fsp3) is 0.364. The molecule has 7 nitrogen and oxygen atoms in total. The number of aliphatic imine (C=N–C) groups is 1. The maximum absolute atomic E-state index is 11.9. The largest absolute Gasteiger partial charge is 0.436 e. The fourth-order valence-corrected chi connectivity index (χ4v) is 5.97. The number of pyridine rings is 1. The van der Waals surface area contributed by atoms with Gasteiger partial charge in [-0.1, -0.05) is 23.7 Å². The molecule has 2 aliphatic heterocycles. The minimum absolute atomic E-state index is 0.0235. The highest BCUT2D eigenvalue weighted by atomic mass is 35.5. The van der Waals surface area contributed by atoms with Crippen molar-refractivity contribution in [3.63, 3.8) is 0 Å². The van der Waals surface area contributed by atoms with Crippen LogP contribution in [0.3, 0.4) is 0 Å². The number of aromatic nitrogens is 1. The Bertz CT molecular complexity index is 1190. The number of piperidine rings is 1. The van der Waals surface area contributed by atoms with Crippen LogP contribution in [0.1, 0.15) is 24.4 Å². The maximum Gasteiger partial charge on any atom is 0.211 e. The Labute approximate surface area is 205 Å². The summed E-state index contributed by atoms with van der Waals surface area (Å²) in [5.41, 5.74) is 0.959. The first-order valence-corrected chi connectivity index (χ1v) is 14.9. The van der Waals surface area contributed by atoms with Crippen LogP contribution in [0.5, 0.6) is 0 Å². The normalized spacial score (nSPS) is 21.1. The zero-order valence-electron chi connectivity index (χ0n) is 18.2. The minimum Gasteiger partial charge on any atom is -0.436 e. The number of nitrogens with zero attached hydrogens (tertiary/aromatic N) is 3. The molecule has 0 amide bonds. The van der Waals surface area contributed by atoms with Crippen molar-refractivity contribution >= 4 is 50.1 Å². The molecule has 0 spiro atoms. The molecule has 1 aromatic carbocycles. The summed E-state index contributed by atoms with van der Waals surface area (Å²) in [7, 11) is -4.26. The second-order valence-corrected chi connectivity index (χ2v) is 12.7. The Balaban J connectivity index is 1.59. The first kappa shape index (κ1) is 24.4. The van der Waals surface area contributed by atoms with Gasteiger partial charge in [-0.05, 0) is 60.5 Å². The molecular weight excluding hydrogens is 502 g/mol. The van der Waals surface area contributed by atoms with E-state index in [2.05, 4.69) is 4.98 Å². The number of hydrogen-bond donors (Lipinski definition) is 0. The predicted molar refractivity (Wildman–Crippen MR) is 132 cm³/mol. The van der Waals surface area contributed by atoms with Gasteiger partial charge in [0, 0.05) is 47.2 Å². The van der Waals surface area contributed by atoms with Crippen molar-refractivity contribution < 1.29 is 17.4 Å². The van der Waals surface area contributed by atoms with Gasteiger partial charge in [0.2, 0.25) is 10.0 Å². The molecule has 0 radical (unpaired) electrons. The van der Waals surface area contributed by atoms with Crippen LogP contribution in [0.2, 0.25) is 5.02 Å². The molecule has 2 aliphatic rings. The fourth-order valence-electron chi connectivity index (χ4n) is 3.70. The van der Waals surface area contributed by atoms with Crippen molar-refractivity contribution in [3.05, 3.63) is 64.3 Å². The summed E-state index contributed by atoms with van der Waals surface area (Å²) < 4.78 is 43.2. The highest BCUT2D eigenvalue weighted by Gasteiger charge is 2.32. The summed E-state index contributed by atoms with van der Waals surface area (Å²) in [6.07, 6.45) is 7.70. The number of sulfonamides is 1. The van der Waals surface area contributed by atoms with Crippen LogP contribution < -0.4 is 0 Å². The van der Waals surface area contributed by atoms with Crippen LogP contribution in [0.15, 0.2) is 68.7 Å². The average Bonchev–Trinajstić information content (AvgIpc) is 2.80. The lowest BCUT2D eigenvalue weighted by Gasteiger charge is -2.32. The molecule has 1 saturated heterocycles. The Morgan fingerprint density at radius 3 is 2.42 bits per heavy atom. The van der Waals surface area contributed by atoms with Crippen LogP contribution in [-0.4, -0.2) is 53.4 Å². The van der Waals surface area contributed by atoms with Gasteiger partial charge in [-0.25, -0.2) is 22.7 Å². The van der Waals surface area contributed by atoms with Crippen molar-refractivity contribution in [2.45, 2.75) is 28.8 Å². The van der Waals surface area contributed by atoms with Gasteiger partial charge in [-0.3, -0.25) is 4.21 Å². The molecule has 2 aromatic rings. The van der Waals surface area contributed by atoms with E-state index in [9.17, 15) is 12.6 Å². The molecule has 1 fully saturated rings. The van der Waals surface area contributed by atoms with Gasteiger partial charge in [0.05, 0.1) is 11.3 Å². The van der Waals surface area contributed by atoms with Crippen LogP contribution >= 0.6 is 23.4 Å². The van der Waals surface area contributed by atoms with Crippen molar-refractivity contribution in [3.8, 4) is 0 Å². The summed E-state index contributed by atoms with van der Waals surface area (Å²) in [4.78, 5) is 9.96. The van der Waals surface area contributed by atoms with E-state index in [0.717, 1.165) is 15.5 Å². The van der Waals surface area contributed by atoms with Crippen molar-refractivity contribution in [1.82, 2.24) is 9.29 Å². The van der Waals surface area contributed by atoms with E-state index in [4.69, 9.17) is 21.3 Å². The molecule has 11 heteroatoms. The molecule has 0 aliphatic carbocycles. The summed E-state index contributed by atoms with van der Waals surface area (Å²) in [6.45, 7) is 0.886. The van der Waals surface area contributed by atoms with Crippen molar-refractivity contribution in [2.75, 3.05) is 25.6 Å². The number of benzene rings is 1. The van der Waals surface area contributed by atoms with Crippen LogP contribution in [-0.2, 0) is 25.6 Å². The lowest BCUT2D eigenvalue weighted by atomic mass is 9.97. The minimum atomic E-state index is -3.21. The quantitative estimate of drug-likeness (QED) is 0.560. The van der Waals surface area contributed by atoms with Crippen LogP contribution in [0.4, 0.5) is 0 Å². The number of ether oxygens (including phenoxy) is 1. The van der Waals surface area contributed by atoms with Gasteiger partial charge >= 0.3 is 0 Å². The smallest absolute Gasteiger partial charge is 0.211 e. The zero-order valence-corrected chi connectivity index (χ0v) is 21.4. The molecule has 0 bridgehead atoms. The molecule has 33 heavy (non-hydrogen) atoms. The number of halogens is 1. The summed E-state index contributed by atoms with van der Waals surface area (Å²) >= 11 is 7.34. The molecule has 0 N–H and O–H groups in total. The summed E-state index contributed by atoms with van der Waals surface area (Å²) in [5, 5.41) is 1.96. The van der Waals surface area contributed by atoms with Gasteiger partial charge in [0.1, 0.15) is 11.1 Å². The lowest BCUT2D eigenvalue weighted by molar-refractivity contribution is 0.285. The third-order valence-electron chi connectivity index (χ3n) is 5.50. The molecule has 2 atom stereocenters. The first-order chi connectivity index (χ1) is 15.7. The van der Waals surface area contributed by atoms with Crippen LogP contribution in [0.25, 0.3) is 0 Å². The Kier molecular flexibility index (Phi) is 7.59. The monoisotopic (exact) mass is 525 g/mol. The van der Waals surface area contributed by atoms with E-state index < -0.39 is 20.8 Å².